The van der Waals surface area contributed by atoms with Gasteiger partial charge in [-0.05, 0) is 55.4 Å². The Kier molecular flexibility index (Phi) is 3.62. The van der Waals surface area contributed by atoms with E-state index in [0.29, 0.717) is 17.0 Å². The molecule has 26 heavy (non-hydrogen) atoms. The predicted octanol–water partition coefficient (Wildman–Crippen LogP) is 3.36. The standard InChI is InChI=1S/C20H19N3O3/c24-20(16-11-22-23-17(16)4-2-10-21-23)26-19-9-8-15-14(19)3-1-5-18(15)25-12-13-6-7-13/h1-5,10-11,13,19H,6-9,12H2. The van der Waals surface area contributed by atoms with Crippen LogP contribution in [0.1, 0.15) is 46.9 Å². The van der Waals surface area contributed by atoms with E-state index in [2.05, 4.69) is 10.2 Å². The molecular weight excluding hydrogens is 330 g/mol. The van der Waals surface area contributed by atoms with E-state index in [-0.39, 0.29) is 12.1 Å². The number of carbonyl (C=O) groups is 1. The van der Waals surface area contributed by atoms with Crippen LogP contribution in [0.3, 0.4) is 0 Å². The van der Waals surface area contributed by atoms with E-state index < -0.39 is 0 Å². The first-order valence-electron chi connectivity index (χ1n) is 9.04. The molecule has 6 heteroatoms. The molecule has 2 heterocycles. The van der Waals surface area contributed by atoms with Crippen molar-refractivity contribution in [1.82, 2.24) is 14.8 Å². The average molecular weight is 349 g/mol. The molecule has 2 aliphatic carbocycles. The molecule has 2 aliphatic rings. The highest BCUT2D eigenvalue weighted by atomic mass is 16.5. The van der Waals surface area contributed by atoms with Crippen molar-refractivity contribution in [2.45, 2.75) is 31.8 Å². The highest BCUT2D eigenvalue weighted by Crippen LogP contribution is 2.40. The van der Waals surface area contributed by atoms with E-state index in [4.69, 9.17) is 9.47 Å². The first kappa shape index (κ1) is 15.4. The highest BCUT2D eigenvalue weighted by molar-refractivity contribution is 5.96. The van der Waals surface area contributed by atoms with Gasteiger partial charge in [0.15, 0.2) is 0 Å². The number of esters is 1. The SMILES string of the molecule is O=C(OC1CCc2c(OCC3CC3)cccc21)c1cnn2ncccc12. The van der Waals surface area contributed by atoms with Gasteiger partial charge in [0.1, 0.15) is 22.9 Å². The van der Waals surface area contributed by atoms with Crippen LogP contribution in [0.4, 0.5) is 0 Å². The minimum Gasteiger partial charge on any atom is -0.493 e. The van der Waals surface area contributed by atoms with E-state index >= 15 is 0 Å². The lowest BCUT2D eigenvalue weighted by atomic mass is 10.1. The van der Waals surface area contributed by atoms with Crippen molar-refractivity contribution in [3.63, 3.8) is 0 Å². The maximum absolute atomic E-state index is 12.7. The Balaban J connectivity index is 1.36. The first-order valence-corrected chi connectivity index (χ1v) is 9.04. The van der Waals surface area contributed by atoms with Crippen LogP contribution in [0.15, 0.2) is 42.7 Å². The van der Waals surface area contributed by atoms with Crippen molar-refractivity contribution in [2.24, 2.45) is 5.92 Å². The zero-order valence-electron chi connectivity index (χ0n) is 14.3. The third-order valence-corrected chi connectivity index (χ3v) is 5.12. The molecule has 0 saturated heterocycles. The fraction of sp³-hybridized carbons (Fsp3) is 0.350. The molecule has 0 amide bonds. The minimum atomic E-state index is -0.366. The summed E-state index contributed by atoms with van der Waals surface area (Å²) in [5.41, 5.74) is 3.32. The Morgan fingerprint density at radius 3 is 2.96 bits per heavy atom. The number of carbonyl (C=O) groups excluding carboxylic acids is 1. The fourth-order valence-electron chi connectivity index (χ4n) is 3.52. The molecule has 1 aromatic carbocycles. The van der Waals surface area contributed by atoms with E-state index in [1.165, 1.54) is 29.2 Å². The monoisotopic (exact) mass is 349 g/mol. The minimum absolute atomic E-state index is 0.242. The second-order valence-electron chi connectivity index (χ2n) is 6.97. The molecule has 3 aromatic rings. The molecule has 132 valence electrons. The Hall–Kier alpha value is -2.89. The van der Waals surface area contributed by atoms with Crippen LogP contribution in [0.5, 0.6) is 5.75 Å². The van der Waals surface area contributed by atoms with E-state index in [1.54, 1.807) is 12.3 Å². The van der Waals surface area contributed by atoms with Crippen LogP contribution in [-0.4, -0.2) is 27.4 Å². The molecule has 2 aromatic heterocycles. The third-order valence-electron chi connectivity index (χ3n) is 5.12. The third kappa shape index (κ3) is 2.71. The fourth-order valence-corrected chi connectivity index (χ4v) is 3.52. The molecule has 1 saturated carbocycles. The number of fused-ring (bicyclic) bond motifs is 2. The summed E-state index contributed by atoms with van der Waals surface area (Å²) < 4.78 is 13.2. The van der Waals surface area contributed by atoms with Gasteiger partial charge >= 0.3 is 5.97 Å². The lowest BCUT2D eigenvalue weighted by molar-refractivity contribution is 0.0303. The lowest BCUT2D eigenvalue weighted by Gasteiger charge is -2.14. The topological polar surface area (TPSA) is 65.7 Å². The Morgan fingerprint density at radius 1 is 1.15 bits per heavy atom. The normalized spacial score (nSPS) is 18.7. The van der Waals surface area contributed by atoms with Gasteiger partial charge in [-0.1, -0.05) is 12.1 Å². The quantitative estimate of drug-likeness (QED) is 0.661. The van der Waals surface area contributed by atoms with Gasteiger partial charge in [0.05, 0.1) is 12.8 Å². The second-order valence-corrected chi connectivity index (χ2v) is 6.97. The number of hydrogen-bond donors (Lipinski definition) is 0. The Labute approximate surface area is 150 Å². The number of hydrogen-bond acceptors (Lipinski definition) is 5. The second kappa shape index (κ2) is 6.12. The van der Waals surface area contributed by atoms with E-state index in [0.717, 1.165) is 30.8 Å². The molecule has 0 aliphatic heterocycles. The molecular formula is C20H19N3O3. The summed E-state index contributed by atoms with van der Waals surface area (Å²) in [6.07, 6.45) is 7.08. The number of benzene rings is 1. The van der Waals surface area contributed by atoms with E-state index in [1.807, 2.05) is 24.3 Å². The van der Waals surface area contributed by atoms with Crippen molar-refractivity contribution in [1.29, 1.82) is 0 Å². The summed E-state index contributed by atoms with van der Waals surface area (Å²) in [4.78, 5) is 12.7. The number of rotatable bonds is 5. The molecule has 5 rings (SSSR count). The molecule has 1 atom stereocenters. The average Bonchev–Trinajstić information content (AvgIpc) is 3.25. The molecule has 0 radical (unpaired) electrons. The van der Waals surface area contributed by atoms with Crippen molar-refractivity contribution in [3.8, 4) is 5.75 Å². The van der Waals surface area contributed by atoms with Gasteiger partial charge in [-0.2, -0.15) is 14.8 Å². The van der Waals surface area contributed by atoms with Crippen LogP contribution in [0, 0.1) is 5.92 Å². The van der Waals surface area contributed by atoms with Gasteiger partial charge in [-0.25, -0.2) is 4.79 Å². The van der Waals surface area contributed by atoms with Crippen LogP contribution >= 0.6 is 0 Å². The smallest absolute Gasteiger partial charge is 0.342 e. The summed E-state index contributed by atoms with van der Waals surface area (Å²) in [6.45, 7) is 0.788. The van der Waals surface area contributed by atoms with Crippen molar-refractivity contribution < 1.29 is 14.3 Å². The van der Waals surface area contributed by atoms with Crippen LogP contribution in [-0.2, 0) is 11.2 Å². The number of aromatic nitrogens is 3. The molecule has 1 fully saturated rings. The predicted molar refractivity (Wildman–Crippen MR) is 94.1 cm³/mol. The molecule has 6 nitrogen and oxygen atoms in total. The Bertz CT molecular complexity index is 977. The maximum atomic E-state index is 12.7. The summed E-state index contributed by atoms with van der Waals surface area (Å²) in [5, 5.41) is 8.19. The van der Waals surface area contributed by atoms with Crippen LogP contribution in [0.25, 0.3) is 5.52 Å². The molecule has 0 spiro atoms. The highest BCUT2D eigenvalue weighted by Gasteiger charge is 2.30. The first-order chi connectivity index (χ1) is 12.8. The van der Waals surface area contributed by atoms with Gasteiger partial charge in [0, 0.05) is 11.8 Å². The van der Waals surface area contributed by atoms with Gasteiger partial charge < -0.3 is 9.47 Å². The Morgan fingerprint density at radius 2 is 2.08 bits per heavy atom. The number of nitrogens with zero attached hydrogens (tertiary/aromatic N) is 3. The zero-order chi connectivity index (χ0) is 17.5. The van der Waals surface area contributed by atoms with Crippen molar-refractivity contribution in [3.05, 3.63) is 59.4 Å². The summed E-state index contributed by atoms with van der Waals surface area (Å²) in [7, 11) is 0. The van der Waals surface area contributed by atoms with Crippen molar-refractivity contribution >= 4 is 11.5 Å². The van der Waals surface area contributed by atoms with Gasteiger partial charge in [-0.3, -0.25) is 0 Å². The molecule has 0 N–H and O–H groups in total. The van der Waals surface area contributed by atoms with Gasteiger partial charge in [0.2, 0.25) is 0 Å². The van der Waals surface area contributed by atoms with E-state index in [9.17, 15) is 4.79 Å². The van der Waals surface area contributed by atoms with Gasteiger partial charge in [-0.15, -0.1) is 0 Å². The summed E-state index contributed by atoms with van der Waals surface area (Å²) in [5.74, 6) is 1.29. The zero-order valence-corrected chi connectivity index (χ0v) is 14.3. The van der Waals surface area contributed by atoms with Crippen molar-refractivity contribution in [2.75, 3.05) is 6.61 Å². The van der Waals surface area contributed by atoms with Crippen LogP contribution in [0.2, 0.25) is 0 Å². The lowest BCUT2D eigenvalue weighted by Crippen LogP contribution is -2.09. The summed E-state index contributed by atoms with van der Waals surface area (Å²) in [6, 6.07) is 9.61. The molecule has 0 bridgehead atoms. The number of ether oxygens (including phenoxy) is 2. The molecule has 1 unspecified atom stereocenters. The summed E-state index contributed by atoms with van der Waals surface area (Å²) >= 11 is 0. The van der Waals surface area contributed by atoms with Crippen LogP contribution < -0.4 is 4.74 Å². The largest absolute Gasteiger partial charge is 0.493 e. The maximum Gasteiger partial charge on any atom is 0.342 e. The van der Waals surface area contributed by atoms with Gasteiger partial charge in [0.25, 0.3) is 0 Å².